The van der Waals surface area contributed by atoms with E-state index in [1.807, 2.05) is 62.3 Å². The van der Waals surface area contributed by atoms with Gasteiger partial charge in [0, 0.05) is 33.5 Å². The van der Waals surface area contributed by atoms with E-state index in [1.54, 1.807) is 72.8 Å². The van der Waals surface area contributed by atoms with Gasteiger partial charge in [-0.3, -0.25) is 0 Å². The molecule has 0 spiro atoms. The Morgan fingerprint density at radius 1 is 0.536 bits per heavy atom. The van der Waals surface area contributed by atoms with E-state index in [9.17, 15) is 19.2 Å². The highest BCUT2D eigenvalue weighted by Crippen LogP contribution is 2.26. The first kappa shape index (κ1) is 43.2. The zero-order chi connectivity index (χ0) is 40.8. The lowest BCUT2D eigenvalue weighted by molar-refractivity contribution is -0.203. The number of halogens is 2. The first-order chi connectivity index (χ1) is 26.8. The summed E-state index contributed by atoms with van der Waals surface area (Å²) in [5, 5.41) is 7.95. The average molecular weight is 810 g/mol. The van der Waals surface area contributed by atoms with E-state index in [4.69, 9.17) is 42.4 Å². The van der Waals surface area contributed by atoms with Gasteiger partial charge in [0.2, 0.25) is 0 Å². The monoisotopic (exact) mass is 808 g/mol. The third-order valence-electron chi connectivity index (χ3n) is 8.66. The van der Waals surface area contributed by atoms with Crippen LogP contribution in [0.25, 0.3) is 0 Å². The Hall–Kier alpha value is -5.54. The molecule has 0 aliphatic carbocycles. The summed E-state index contributed by atoms with van der Waals surface area (Å²) >= 11 is 12.2. The van der Waals surface area contributed by atoms with Crippen molar-refractivity contribution in [2.24, 2.45) is 0 Å². The molecule has 4 amide bonds. The molecular weight excluding hydrogens is 763 g/mol. The van der Waals surface area contributed by atoms with Crippen LogP contribution in [0.3, 0.4) is 0 Å². The number of carbonyl (C=O) groups excluding carboxylic acids is 4. The number of rotatable bonds is 14. The van der Waals surface area contributed by atoms with E-state index in [-0.39, 0.29) is 38.0 Å². The molecule has 0 heterocycles. The zero-order valence-electron chi connectivity index (χ0n) is 32.0. The summed E-state index contributed by atoms with van der Waals surface area (Å²) in [6.07, 6.45) is 0.556. The molecule has 4 aromatic carbocycles. The number of hydroxylamine groups is 4. The lowest BCUT2D eigenvalue weighted by Gasteiger charge is -2.29. The molecule has 4 rings (SSSR count). The van der Waals surface area contributed by atoms with Gasteiger partial charge in [0.05, 0.1) is 27.3 Å². The number of methoxy groups -OCH3 is 2. The van der Waals surface area contributed by atoms with Crippen molar-refractivity contribution in [2.75, 3.05) is 66.1 Å². The summed E-state index contributed by atoms with van der Waals surface area (Å²) in [7, 11) is 10.5. The predicted octanol–water partition coefficient (Wildman–Crippen LogP) is 7.68. The standard InChI is InChI=1S/C40H46Cl2N6O8/c1-45(2)35(27-7-11-29(41)12-8-27)23-25-47(39(51)43-31-15-19-33(53-5)20-16-31)55-37(49)38(50)56-48(40(52)44-32-17-21-34(54-6)22-18-32)26-24-36(46(3)4)28-9-13-30(42)14-10-28/h7-22,35-36H,23-26H2,1-6H3,(H,43,51)(H,44,52). The van der Waals surface area contributed by atoms with Gasteiger partial charge in [-0.05, 0) is 125 Å². The maximum absolute atomic E-state index is 13.6. The van der Waals surface area contributed by atoms with Crippen molar-refractivity contribution in [1.29, 1.82) is 0 Å². The number of carbonyl (C=O) groups is 4. The molecule has 0 saturated carbocycles. The molecule has 14 nitrogen and oxygen atoms in total. The van der Waals surface area contributed by atoms with Gasteiger partial charge in [0.15, 0.2) is 0 Å². The second-order valence-electron chi connectivity index (χ2n) is 12.9. The highest BCUT2D eigenvalue weighted by Gasteiger charge is 2.31. The minimum Gasteiger partial charge on any atom is -0.497 e. The van der Waals surface area contributed by atoms with Crippen molar-refractivity contribution in [3.8, 4) is 11.5 Å². The molecule has 2 unspecified atom stereocenters. The molecule has 2 atom stereocenters. The molecule has 16 heteroatoms. The third kappa shape index (κ3) is 12.8. The van der Waals surface area contributed by atoms with Crippen LogP contribution in [0, 0.1) is 0 Å². The molecule has 298 valence electrons. The Labute approximate surface area is 336 Å². The number of nitrogens with one attached hydrogen (secondary N) is 2. The Morgan fingerprint density at radius 2 is 0.857 bits per heavy atom. The van der Waals surface area contributed by atoms with Crippen molar-refractivity contribution < 1.29 is 38.3 Å². The molecule has 2 N–H and O–H groups in total. The fraction of sp³-hybridized carbons (Fsp3) is 0.300. The van der Waals surface area contributed by atoms with Crippen LogP contribution < -0.4 is 20.1 Å². The van der Waals surface area contributed by atoms with Crippen LogP contribution >= 0.6 is 23.2 Å². The topological polar surface area (TPSA) is 142 Å². The second kappa shape index (κ2) is 20.9. The van der Waals surface area contributed by atoms with Crippen LogP contribution in [0.15, 0.2) is 97.1 Å². The lowest BCUT2D eigenvalue weighted by atomic mass is 10.0. The molecular formula is C40H46Cl2N6O8. The third-order valence-corrected chi connectivity index (χ3v) is 9.16. The minimum absolute atomic E-state index is 0.139. The minimum atomic E-state index is -1.54. The molecule has 0 saturated heterocycles. The van der Waals surface area contributed by atoms with Crippen molar-refractivity contribution >= 4 is 58.6 Å². The summed E-state index contributed by atoms with van der Waals surface area (Å²) in [5.74, 6) is -1.94. The summed E-state index contributed by atoms with van der Waals surface area (Å²) < 4.78 is 10.4. The van der Waals surface area contributed by atoms with Crippen LogP contribution in [0.4, 0.5) is 21.0 Å². The highest BCUT2D eigenvalue weighted by molar-refractivity contribution is 6.31. The highest BCUT2D eigenvalue weighted by atomic mass is 35.5. The largest absolute Gasteiger partial charge is 0.497 e. The van der Waals surface area contributed by atoms with E-state index in [0.717, 1.165) is 21.3 Å². The van der Waals surface area contributed by atoms with E-state index in [2.05, 4.69) is 10.6 Å². The van der Waals surface area contributed by atoms with E-state index in [0.29, 0.717) is 32.9 Å². The SMILES string of the molecule is COc1ccc(NC(=O)N(CCC(c2ccc(Cl)cc2)N(C)C)OC(=O)C(=O)ON(CCC(c2ccc(Cl)cc2)N(C)C)C(=O)Nc2ccc(OC)cc2)cc1. The van der Waals surface area contributed by atoms with Crippen molar-refractivity contribution in [3.63, 3.8) is 0 Å². The smallest absolute Gasteiger partial charge is 0.444 e. The molecule has 0 radical (unpaired) electrons. The van der Waals surface area contributed by atoms with Crippen LogP contribution in [-0.4, -0.2) is 99.4 Å². The molecule has 0 fully saturated rings. The van der Waals surface area contributed by atoms with Crippen molar-refractivity contribution in [3.05, 3.63) is 118 Å². The average Bonchev–Trinajstić information content (AvgIpc) is 3.18. The van der Waals surface area contributed by atoms with Gasteiger partial charge in [-0.1, -0.05) is 47.5 Å². The number of hydrogen-bond donors (Lipinski definition) is 2. The number of amides is 4. The molecule has 4 aromatic rings. The van der Waals surface area contributed by atoms with E-state index in [1.165, 1.54) is 14.2 Å². The molecule has 0 bridgehead atoms. The summed E-state index contributed by atoms with van der Waals surface area (Å²) in [5.41, 5.74) is 2.54. The molecule has 56 heavy (non-hydrogen) atoms. The van der Waals surface area contributed by atoms with Crippen LogP contribution in [0.2, 0.25) is 10.0 Å². The Kier molecular flexibility index (Phi) is 16.2. The fourth-order valence-corrected chi connectivity index (χ4v) is 5.92. The van der Waals surface area contributed by atoms with Crippen LogP contribution in [-0.2, 0) is 19.3 Å². The molecule has 0 aliphatic heterocycles. The van der Waals surface area contributed by atoms with Gasteiger partial charge in [0.1, 0.15) is 11.5 Å². The summed E-state index contributed by atoms with van der Waals surface area (Å²) in [4.78, 5) is 68.7. The van der Waals surface area contributed by atoms with E-state index < -0.39 is 24.0 Å². The maximum Gasteiger partial charge on any atom is 0.444 e. The number of ether oxygens (including phenoxy) is 2. The van der Waals surface area contributed by atoms with Gasteiger partial charge >= 0.3 is 24.0 Å². The number of benzene rings is 4. The van der Waals surface area contributed by atoms with Crippen molar-refractivity contribution in [2.45, 2.75) is 24.9 Å². The Balaban J connectivity index is 1.55. The van der Waals surface area contributed by atoms with Gasteiger partial charge in [-0.25, -0.2) is 19.2 Å². The quantitative estimate of drug-likeness (QED) is 0.0963. The summed E-state index contributed by atoms with van der Waals surface area (Å²) in [6, 6.07) is 25.3. The Bertz CT molecular complexity index is 1760. The van der Waals surface area contributed by atoms with Crippen LogP contribution in [0.1, 0.15) is 36.1 Å². The first-order valence-electron chi connectivity index (χ1n) is 17.5. The maximum atomic E-state index is 13.6. The summed E-state index contributed by atoms with van der Waals surface area (Å²) in [6.45, 7) is -0.278. The van der Waals surface area contributed by atoms with Gasteiger partial charge in [-0.15, -0.1) is 0 Å². The zero-order valence-corrected chi connectivity index (χ0v) is 33.5. The number of anilines is 2. The molecule has 0 aromatic heterocycles. The van der Waals surface area contributed by atoms with Gasteiger partial charge < -0.3 is 39.6 Å². The molecule has 0 aliphatic rings. The van der Waals surface area contributed by atoms with E-state index >= 15 is 0 Å². The fourth-order valence-electron chi connectivity index (χ4n) is 5.67. The number of hydrogen-bond acceptors (Lipinski definition) is 10. The lowest BCUT2D eigenvalue weighted by Crippen LogP contribution is -2.44. The number of urea groups is 2. The predicted molar refractivity (Wildman–Crippen MR) is 215 cm³/mol. The van der Waals surface area contributed by atoms with Gasteiger partial charge in [0.25, 0.3) is 0 Å². The van der Waals surface area contributed by atoms with Crippen LogP contribution in [0.5, 0.6) is 11.5 Å². The van der Waals surface area contributed by atoms with Crippen molar-refractivity contribution in [1.82, 2.24) is 19.9 Å². The second-order valence-corrected chi connectivity index (χ2v) is 13.8. The first-order valence-corrected chi connectivity index (χ1v) is 18.3. The normalized spacial score (nSPS) is 12.0. The number of nitrogens with zero attached hydrogens (tertiary/aromatic N) is 4. The van der Waals surface area contributed by atoms with Gasteiger partial charge in [-0.2, -0.15) is 10.1 Å². The Morgan fingerprint density at radius 3 is 1.14 bits per heavy atom.